The van der Waals surface area contributed by atoms with Gasteiger partial charge < -0.3 is 14.3 Å². The lowest BCUT2D eigenvalue weighted by Crippen LogP contribution is -2.13. The third-order valence-corrected chi connectivity index (χ3v) is 2.50. The lowest BCUT2D eigenvalue weighted by Gasteiger charge is -2.05. The molecule has 5 heteroatoms. The van der Waals surface area contributed by atoms with Gasteiger partial charge in [0.15, 0.2) is 0 Å². The van der Waals surface area contributed by atoms with Gasteiger partial charge in [-0.2, -0.15) is 0 Å². The number of hydrogen-bond donors (Lipinski definition) is 1. The van der Waals surface area contributed by atoms with Crippen molar-refractivity contribution in [1.82, 2.24) is 0 Å². The van der Waals surface area contributed by atoms with Crippen molar-refractivity contribution < 1.29 is 19.1 Å². The van der Waals surface area contributed by atoms with Crippen LogP contribution in [0.2, 0.25) is 0 Å². The second-order valence-electron chi connectivity index (χ2n) is 3.61. The predicted octanol–water partition coefficient (Wildman–Crippen LogP) is 1.81. The van der Waals surface area contributed by atoms with Gasteiger partial charge in [0.25, 0.3) is 0 Å². The number of ether oxygens (including phenoxy) is 1. The lowest BCUT2D eigenvalue weighted by molar-refractivity contribution is 0.0692. The molecule has 0 aliphatic heterocycles. The minimum absolute atomic E-state index is 0.317. The van der Waals surface area contributed by atoms with E-state index in [2.05, 4.69) is 0 Å². The molecular formula is C12H10O5. The van der Waals surface area contributed by atoms with Gasteiger partial charge in [-0.25, -0.2) is 9.59 Å². The molecule has 2 aromatic rings. The standard InChI is InChI=1S/C12H10O5/c1-6-3-7(16-2)4-10-8(6)5-9(11(13)14)12(15)17-10/h3-5H,1-2H3,(H,13,14). The summed E-state index contributed by atoms with van der Waals surface area (Å²) in [5.41, 5.74) is -0.133. The number of carboxylic acid groups (broad SMARTS) is 1. The zero-order chi connectivity index (χ0) is 12.6. The first-order valence-electron chi connectivity index (χ1n) is 4.88. The minimum atomic E-state index is -1.30. The molecule has 0 radical (unpaired) electrons. The van der Waals surface area contributed by atoms with Gasteiger partial charge in [-0.05, 0) is 24.6 Å². The molecule has 0 fully saturated rings. The molecule has 0 saturated carbocycles. The average molecular weight is 234 g/mol. The van der Waals surface area contributed by atoms with Crippen LogP contribution in [0.1, 0.15) is 15.9 Å². The summed E-state index contributed by atoms with van der Waals surface area (Å²) in [7, 11) is 1.50. The summed E-state index contributed by atoms with van der Waals surface area (Å²) in [4.78, 5) is 22.2. The molecule has 0 unspecified atom stereocenters. The largest absolute Gasteiger partial charge is 0.497 e. The molecule has 1 aromatic carbocycles. The zero-order valence-corrected chi connectivity index (χ0v) is 9.31. The molecule has 1 heterocycles. The molecule has 17 heavy (non-hydrogen) atoms. The minimum Gasteiger partial charge on any atom is -0.497 e. The monoisotopic (exact) mass is 234 g/mol. The first kappa shape index (κ1) is 11.2. The van der Waals surface area contributed by atoms with Crippen LogP contribution in [0.4, 0.5) is 0 Å². The van der Waals surface area contributed by atoms with Crippen molar-refractivity contribution in [2.75, 3.05) is 7.11 Å². The van der Waals surface area contributed by atoms with E-state index < -0.39 is 11.6 Å². The third kappa shape index (κ3) is 1.87. The number of carbonyl (C=O) groups is 1. The molecule has 2 rings (SSSR count). The fraction of sp³-hybridized carbons (Fsp3) is 0.167. The first-order valence-corrected chi connectivity index (χ1v) is 4.88. The summed E-state index contributed by atoms with van der Waals surface area (Å²) >= 11 is 0. The fourth-order valence-corrected chi connectivity index (χ4v) is 1.63. The molecule has 0 atom stereocenters. The van der Waals surface area contributed by atoms with Gasteiger partial charge in [-0.3, -0.25) is 0 Å². The second-order valence-corrected chi connectivity index (χ2v) is 3.61. The first-order chi connectivity index (χ1) is 8.02. The Balaban J connectivity index is 2.83. The van der Waals surface area contributed by atoms with Gasteiger partial charge in [-0.15, -0.1) is 0 Å². The van der Waals surface area contributed by atoms with Crippen molar-refractivity contribution in [3.05, 3.63) is 39.7 Å². The molecule has 5 nitrogen and oxygen atoms in total. The van der Waals surface area contributed by atoms with Gasteiger partial charge in [-0.1, -0.05) is 0 Å². The van der Waals surface area contributed by atoms with E-state index in [0.29, 0.717) is 16.7 Å². The van der Waals surface area contributed by atoms with E-state index in [1.165, 1.54) is 13.2 Å². The van der Waals surface area contributed by atoms with Crippen molar-refractivity contribution >= 4 is 16.9 Å². The Hall–Kier alpha value is -2.30. The normalized spacial score (nSPS) is 10.5. The van der Waals surface area contributed by atoms with Gasteiger partial charge in [0.1, 0.15) is 16.9 Å². The summed E-state index contributed by atoms with van der Waals surface area (Å²) in [6.07, 6.45) is 0. The van der Waals surface area contributed by atoms with E-state index in [-0.39, 0.29) is 5.56 Å². The van der Waals surface area contributed by atoms with E-state index in [0.717, 1.165) is 5.56 Å². The molecule has 0 aliphatic carbocycles. The van der Waals surface area contributed by atoms with Crippen molar-refractivity contribution in [2.45, 2.75) is 6.92 Å². The second kappa shape index (κ2) is 3.93. The summed E-state index contributed by atoms with van der Waals surface area (Å²) < 4.78 is 10.0. The van der Waals surface area contributed by atoms with E-state index >= 15 is 0 Å². The van der Waals surface area contributed by atoms with Crippen LogP contribution in [0.25, 0.3) is 11.0 Å². The van der Waals surface area contributed by atoms with Crippen molar-refractivity contribution in [3.8, 4) is 5.75 Å². The van der Waals surface area contributed by atoms with E-state index in [4.69, 9.17) is 14.3 Å². The van der Waals surface area contributed by atoms with Crippen LogP contribution in [-0.4, -0.2) is 18.2 Å². The number of benzene rings is 1. The van der Waals surface area contributed by atoms with Crippen molar-refractivity contribution in [2.24, 2.45) is 0 Å². The van der Waals surface area contributed by atoms with Crippen LogP contribution >= 0.6 is 0 Å². The molecule has 0 aliphatic rings. The number of aryl methyl sites for hydroxylation is 1. The highest BCUT2D eigenvalue weighted by molar-refractivity contribution is 5.92. The molecule has 1 aromatic heterocycles. The van der Waals surface area contributed by atoms with Crippen LogP contribution in [-0.2, 0) is 0 Å². The Morgan fingerprint density at radius 3 is 2.65 bits per heavy atom. The molecule has 0 amide bonds. The fourth-order valence-electron chi connectivity index (χ4n) is 1.63. The number of fused-ring (bicyclic) bond motifs is 1. The SMILES string of the molecule is COc1cc(C)c2cc(C(=O)O)c(=O)oc2c1. The Kier molecular flexibility index (Phi) is 2.59. The van der Waals surface area contributed by atoms with E-state index in [1.54, 1.807) is 19.1 Å². The summed E-state index contributed by atoms with van der Waals surface area (Å²) in [5.74, 6) is -0.739. The molecule has 0 spiro atoms. The van der Waals surface area contributed by atoms with Crippen LogP contribution in [0.5, 0.6) is 5.75 Å². The summed E-state index contributed by atoms with van der Waals surface area (Å²) in [6, 6.07) is 4.61. The Bertz CT molecular complexity index is 654. The topological polar surface area (TPSA) is 76.7 Å². The number of methoxy groups -OCH3 is 1. The van der Waals surface area contributed by atoms with Crippen LogP contribution in [0, 0.1) is 6.92 Å². The van der Waals surface area contributed by atoms with Gasteiger partial charge in [0.05, 0.1) is 7.11 Å². The van der Waals surface area contributed by atoms with Crippen LogP contribution < -0.4 is 10.4 Å². The van der Waals surface area contributed by atoms with Crippen molar-refractivity contribution in [1.29, 1.82) is 0 Å². The quantitative estimate of drug-likeness (QED) is 0.802. The molecule has 88 valence electrons. The zero-order valence-electron chi connectivity index (χ0n) is 9.31. The number of carboxylic acids is 1. The Labute approximate surface area is 96.2 Å². The molecule has 0 bridgehead atoms. The molecule has 1 N–H and O–H groups in total. The third-order valence-electron chi connectivity index (χ3n) is 2.50. The van der Waals surface area contributed by atoms with Crippen LogP contribution in [0.3, 0.4) is 0 Å². The molecular weight excluding hydrogens is 224 g/mol. The Morgan fingerprint density at radius 1 is 1.35 bits per heavy atom. The predicted molar refractivity (Wildman–Crippen MR) is 60.7 cm³/mol. The maximum absolute atomic E-state index is 11.4. The number of hydrogen-bond acceptors (Lipinski definition) is 4. The highest BCUT2D eigenvalue weighted by atomic mass is 16.5. The summed E-state index contributed by atoms with van der Waals surface area (Å²) in [5, 5.41) is 9.42. The van der Waals surface area contributed by atoms with Gasteiger partial charge >= 0.3 is 11.6 Å². The maximum atomic E-state index is 11.4. The lowest BCUT2D eigenvalue weighted by atomic mass is 10.1. The Morgan fingerprint density at radius 2 is 2.06 bits per heavy atom. The average Bonchev–Trinajstić information content (AvgIpc) is 2.27. The van der Waals surface area contributed by atoms with Gasteiger partial charge in [0, 0.05) is 11.5 Å². The summed E-state index contributed by atoms with van der Waals surface area (Å²) in [6.45, 7) is 1.79. The highest BCUT2D eigenvalue weighted by Crippen LogP contribution is 2.24. The van der Waals surface area contributed by atoms with E-state index in [1.807, 2.05) is 0 Å². The number of aromatic carboxylic acids is 1. The highest BCUT2D eigenvalue weighted by Gasteiger charge is 2.13. The number of rotatable bonds is 2. The van der Waals surface area contributed by atoms with E-state index in [9.17, 15) is 9.59 Å². The maximum Gasteiger partial charge on any atom is 0.351 e. The molecule has 0 saturated heterocycles. The van der Waals surface area contributed by atoms with Crippen LogP contribution in [0.15, 0.2) is 27.4 Å². The smallest absolute Gasteiger partial charge is 0.351 e. The van der Waals surface area contributed by atoms with Crippen molar-refractivity contribution in [3.63, 3.8) is 0 Å². The van der Waals surface area contributed by atoms with Gasteiger partial charge in [0.2, 0.25) is 0 Å².